The van der Waals surface area contributed by atoms with E-state index in [1.165, 1.54) is 0 Å². The lowest BCUT2D eigenvalue weighted by atomic mass is 10.2. The second-order valence-electron chi connectivity index (χ2n) is 4.88. The molecule has 0 amide bonds. The second kappa shape index (κ2) is 4.53. The molecule has 18 heavy (non-hydrogen) atoms. The third-order valence-electron chi connectivity index (χ3n) is 3.18. The maximum absolute atomic E-state index is 5.74. The lowest BCUT2D eigenvalue weighted by molar-refractivity contribution is -0.00545. The molecule has 0 unspecified atom stereocenters. The van der Waals surface area contributed by atoms with Gasteiger partial charge in [-0.15, -0.1) is 0 Å². The van der Waals surface area contributed by atoms with Gasteiger partial charge >= 0.3 is 0 Å². The van der Waals surface area contributed by atoms with Crippen LogP contribution in [0.3, 0.4) is 0 Å². The van der Waals surface area contributed by atoms with E-state index in [0.717, 1.165) is 29.9 Å². The fourth-order valence-corrected chi connectivity index (χ4v) is 2.46. The zero-order valence-corrected chi connectivity index (χ0v) is 10.7. The largest absolute Gasteiger partial charge is 0.372 e. The molecule has 2 heterocycles. The Labute approximate surface area is 107 Å². The van der Waals surface area contributed by atoms with Crippen LogP contribution in [0.1, 0.15) is 13.8 Å². The Balaban J connectivity index is 1.93. The van der Waals surface area contributed by atoms with E-state index < -0.39 is 0 Å². The fourth-order valence-electron chi connectivity index (χ4n) is 2.46. The van der Waals surface area contributed by atoms with Crippen LogP contribution >= 0.6 is 0 Å². The van der Waals surface area contributed by atoms with E-state index in [0.29, 0.717) is 0 Å². The van der Waals surface area contributed by atoms with Gasteiger partial charge in [0.1, 0.15) is 5.82 Å². The van der Waals surface area contributed by atoms with Gasteiger partial charge in [-0.25, -0.2) is 4.98 Å². The SMILES string of the molecule is C[C@@H]1CN(c2cnc3ccccc3n2)C[C@@H](C)O1. The van der Waals surface area contributed by atoms with Gasteiger partial charge in [0.15, 0.2) is 0 Å². The summed E-state index contributed by atoms with van der Waals surface area (Å²) in [6.45, 7) is 5.93. The average molecular weight is 243 g/mol. The van der Waals surface area contributed by atoms with E-state index in [1.54, 1.807) is 0 Å². The van der Waals surface area contributed by atoms with Crippen molar-refractivity contribution in [3.63, 3.8) is 0 Å². The molecule has 1 saturated heterocycles. The molecular weight excluding hydrogens is 226 g/mol. The molecule has 0 aliphatic carbocycles. The van der Waals surface area contributed by atoms with E-state index in [-0.39, 0.29) is 12.2 Å². The Bertz CT molecular complexity index is 547. The Morgan fingerprint density at radius 1 is 1.11 bits per heavy atom. The molecule has 1 aliphatic heterocycles. The number of para-hydroxylation sites is 2. The maximum atomic E-state index is 5.74. The highest BCUT2D eigenvalue weighted by atomic mass is 16.5. The van der Waals surface area contributed by atoms with Crippen molar-refractivity contribution in [3.05, 3.63) is 30.5 Å². The average Bonchev–Trinajstić information content (AvgIpc) is 2.37. The first-order valence-electron chi connectivity index (χ1n) is 6.34. The van der Waals surface area contributed by atoms with Crippen LogP contribution in [0.2, 0.25) is 0 Å². The number of fused-ring (bicyclic) bond motifs is 1. The molecule has 4 heteroatoms. The highest BCUT2D eigenvalue weighted by molar-refractivity contribution is 5.75. The van der Waals surface area contributed by atoms with Crippen LogP contribution in [-0.2, 0) is 4.74 Å². The first-order valence-corrected chi connectivity index (χ1v) is 6.34. The predicted molar refractivity (Wildman–Crippen MR) is 71.8 cm³/mol. The summed E-state index contributed by atoms with van der Waals surface area (Å²) in [5, 5.41) is 0. The summed E-state index contributed by atoms with van der Waals surface area (Å²) in [6, 6.07) is 7.96. The van der Waals surface area contributed by atoms with Crippen molar-refractivity contribution in [3.8, 4) is 0 Å². The number of aromatic nitrogens is 2. The molecule has 4 nitrogen and oxygen atoms in total. The van der Waals surface area contributed by atoms with Crippen molar-refractivity contribution in [1.82, 2.24) is 9.97 Å². The first-order chi connectivity index (χ1) is 8.72. The minimum Gasteiger partial charge on any atom is -0.372 e. The third kappa shape index (κ3) is 2.16. The highest BCUT2D eigenvalue weighted by Crippen LogP contribution is 2.19. The monoisotopic (exact) mass is 243 g/mol. The normalized spacial score (nSPS) is 24.4. The number of morpholine rings is 1. The van der Waals surface area contributed by atoms with Crippen molar-refractivity contribution in [2.24, 2.45) is 0 Å². The van der Waals surface area contributed by atoms with E-state index in [2.05, 4.69) is 28.7 Å². The van der Waals surface area contributed by atoms with Gasteiger partial charge < -0.3 is 9.64 Å². The predicted octanol–water partition coefficient (Wildman–Crippen LogP) is 2.24. The van der Waals surface area contributed by atoms with Gasteiger partial charge in [0.25, 0.3) is 0 Å². The summed E-state index contributed by atoms with van der Waals surface area (Å²) < 4.78 is 5.74. The van der Waals surface area contributed by atoms with Crippen molar-refractivity contribution in [2.75, 3.05) is 18.0 Å². The number of rotatable bonds is 1. The number of hydrogen-bond donors (Lipinski definition) is 0. The van der Waals surface area contributed by atoms with E-state index in [4.69, 9.17) is 4.74 Å². The molecule has 0 radical (unpaired) electrons. The van der Waals surface area contributed by atoms with Gasteiger partial charge in [-0.05, 0) is 26.0 Å². The van der Waals surface area contributed by atoms with Crippen molar-refractivity contribution < 1.29 is 4.74 Å². The molecule has 0 spiro atoms. The van der Waals surface area contributed by atoms with Crippen LogP contribution in [0, 0.1) is 0 Å². The molecule has 1 aromatic heterocycles. The van der Waals surface area contributed by atoms with Gasteiger partial charge in [0, 0.05) is 13.1 Å². The molecule has 1 fully saturated rings. The molecule has 3 rings (SSSR count). The summed E-state index contributed by atoms with van der Waals surface area (Å²) in [5.41, 5.74) is 1.89. The topological polar surface area (TPSA) is 38.2 Å². The minimum atomic E-state index is 0.238. The van der Waals surface area contributed by atoms with E-state index in [9.17, 15) is 0 Å². The summed E-state index contributed by atoms with van der Waals surface area (Å²) in [7, 11) is 0. The highest BCUT2D eigenvalue weighted by Gasteiger charge is 2.23. The molecule has 1 aliphatic rings. The molecule has 0 bridgehead atoms. The summed E-state index contributed by atoms with van der Waals surface area (Å²) >= 11 is 0. The molecule has 94 valence electrons. The van der Waals surface area contributed by atoms with Gasteiger partial charge in [-0.2, -0.15) is 0 Å². The van der Waals surface area contributed by atoms with Gasteiger partial charge in [0.05, 0.1) is 29.4 Å². The third-order valence-corrected chi connectivity index (χ3v) is 3.18. The van der Waals surface area contributed by atoms with Crippen molar-refractivity contribution in [2.45, 2.75) is 26.1 Å². The smallest absolute Gasteiger partial charge is 0.148 e. The van der Waals surface area contributed by atoms with Crippen LogP contribution in [0.4, 0.5) is 5.82 Å². The zero-order valence-electron chi connectivity index (χ0n) is 10.7. The van der Waals surface area contributed by atoms with E-state index >= 15 is 0 Å². The molecule has 1 aromatic carbocycles. The lowest BCUT2D eigenvalue weighted by Crippen LogP contribution is -2.45. The number of anilines is 1. The van der Waals surface area contributed by atoms with Crippen LogP contribution in [0.25, 0.3) is 11.0 Å². The maximum Gasteiger partial charge on any atom is 0.148 e. The molecule has 0 N–H and O–H groups in total. The van der Waals surface area contributed by atoms with Crippen molar-refractivity contribution >= 4 is 16.9 Å². The molecule has 2 aromatic rings. The summed E-state index contributed by atoms with van der Waals surface area (Å²) in [4.78, 5) is 11.4. The summed E-state index contributed by atoms with van der Waals surface area (Å²) in [5.74, 6) is 0.940. The lowest BCUT2D eigenvalue weighted by Gasteiger charge is -2.35. The Kier molecular flexibility index (Phi) is 2.88. The van der Waals surface area contributed by atoms with Crippen molar-refractivity contribution in [1.29, 1.82) is 0 Å². The standard InChI is InChI=1S/C14H17N3O/c1-10-8-17(9-11(2)18-10)14-7-15-12-5-3-4-6-13(12)16-14/h3-7,10-11H,8-9H2,1-2H3/t10-,11-/m1/s1. The molecular formula is C14H17N3O. The number of benzene rings is 1. The zero-order chi connectivity index (χ0) is 12.5. The van der Waals surface area contributed by atoms with Crippen LogP contribution in [-0.4, -0.2) is 35.3 Å². The van der Waals surface area contributed by atoms with Gasteiger partial charge in [0.2, 0.25) is 0 Å². The number of nitrogens with zero attached hydrogens (tertiary/aromatic N) is 3. The van der Waals surface area contributed by atoms with Crippen LogP contribution in [0.15, 0.2) is 30.5 Å². The van der Waals surface area contributed by atoms with E-state index in [1.807, 2.05) is 30.5 Å². The summed E-state index contributed by atoms with van der Waals surface area (Å²) in [6.07, 6.45) is 2.33. The number of hydrogen-bond acceptors (Lipinski definition) is 4. The Hall–Kier alpha value is -1.68. The minimum absolute atomic E-state index is 0.238. The van der Waals surface area contributed by atoms with Gasteiger partial charge in [-0.1, -0.05) is 12.1 Å². The van der Waals surface area contributed by atoms with Crippen LogP contribution in [0.5, 0.6) is 0 Å². The number of ether oxygens (including phenoxy) is 1. The molecule has 2 atom stereocenters. The van der Waals surface area contributed by atoms with Gasteiger partial charge in [-0.3, -0.25) is 4.98 Å². The quantitative estimate of drug-likeness (QED) is 0.770. The van der Waals surface area contributed by atoms with Crippen LogP contribution < -0.4 is 4.90 Å². The molecule has 0 saturated carbocycles. The second-order valence-corrected chi connectivity index (χ2v) is 4.88. The first kappa shape index (κ1) is 11.4. The Morgan fingerprint density at radius 3 is 2.50 bits per heavy atom. The Morgan fingerprint density at radius 2 is 1.78 bits per heavy atom. The fraction of sp³-hybridized carbons (Fsp3) is 0.429.